The van der Waals surface area contributed by atoms with Crippen LogP contribution >= 0.6 is 0 Å². The third kappa shape index (κ3) is 23.7. The molecule has 0 bridgehead atoms. The van der Waals surface area contributed by atoms with E-state index in [-0.39, 0.29) is 153 Å². The minimum absolute atomic E-state index is 0.0259. The van der Waals surface area contributed by atoms with Crippen molar-refractivity contribution in [3.05, 3.63) is 161 Å². The number of aliphatic hydroxyl groups is 4. The molecular weight excluding hydrogens is 1950 g/mol. The molecule has 0 radical (unpaired) electrons. The summed E-state index contributed by atoms with van der Waals surface area (Å²) >= 11 is 0. The maximum atomic E-state index is 14.1. The van der Waals surface area contributed by atoms with Crippen LogP contribution in [0, 0.1) is 104 Å². The fourth-order valence-corrected chi connectivity index (χ4v) is 15.4. The molecule has 12 aromatic rings. The number of carbonyl (C=O) groups excluding carboxylic acids is 5. The smallest absolute Gasteiger partial charge is 0.461 e. The normalized spacial score (nSPS) is 21.8. The van der Waals surface area contributed by atoms with E-state index in [1.807, 2.05) is 4.90 Å². The number of imidazole rings is 4. The minimum Gasteiger partial charge on any atom is -0.461 e. The van der Waals surface area contributed by atoms with Crippen LogP contribution in [-0.4, -0.2) is 252 Å². The molecule has 5 aliphatic heterocycles. The van der Waals surface area contributed by atoms with E-state index in [4.69, 9.17) is 140 Å². The van der Waals surface area contributed by atoms with E-state index in [2.05, 4.69) is 101 Å². The van der Waals surface area contributed by atoms with Gasteiger partial charge in [-0.2, -0.15) is 14.4 Å². The molecule has 17 rings (SSSR count). The fourth-order valence-electron chi connectivity index (χ4n) is 15.4. The largest absolute Gasteiger partial charge is 0.519 e. The number of allylic oxidation sites excluding steroid dienone is 1. The van der Waals surface area contributed by atoms with Crippen molar-refractivity contribution < 1.29 is 146 Å². The molecule has 2 amide bonds. The van der Waals surface area contributed by atoms with E-state index in [0.29, 0.717) is 87.1 Å². The quantitative estimate of drug-likeness (QED) is 0.0135. The second kappa shape index (κ2) is 44.4. The maximum Gasteiger partial charge on any atom is 0.519 e. The first-order valence-electron chi connectivity index (χ1n) is 44.2. The van der Waals surface area contributed by atoms with Crippen LogP contribution in [0.3, 0.4) is 0 Å². The first-order chi connectivity index (χ1) is 70.0. The summed E-state index contributed by atoms with van der Waals surface area (Å²) in [5.74, 6) is 9.83. The third-order valence-electron chi connectivity index (χ3n) is 23.2. The molecule has 12 N–H and O–H groups in total. The number of fused-ring (bicyclic) bond motifs is 4. The van der Waals surface area contributed by atoms with E-state index in [9.17, 15) is 68.0 Å². The van der Waals surface area contributed by atoms with Gasteiger partial charge in [-0.05, 0) is 75.4 Å². The van der Waals surface area contributed by atoms with Crippen molar-refractivity contribution in [1.82, 2.24) is 93.2 Å². The van der Waals surface area contributed by atoms with Crippen LogP contribution in [0.4, 0.5) is 46.8 Å². The van der Waals surface area contributed by atoms with Crippen molar-refractivity contribution in [2.45, 2.75) is 192 Å². The van der Waals surface area contributed by atoms with Gasteiger partial charge < -0.3 is 150 Å². The van der Waals surface area contributed by atoms with Gasteiger partial charge in [0, 0.05) is 58.8 Å². The number of carbonyl (C=O) groups is 5. The van der Waals surface area contributed by atoms with Crippen molar-refractivity contribution in [2.75, 3.05) is 89.2 Å². The zero-order valence-corrected chi connectivity index (χ0v) is 79.9. The lowest BCUT2D eigenvalue weighted by atomic mass is 9.98. The number of hydrogen-bond donors (Lipinski definition) is 9. The number of aromatic nitrogens is 16. The van der Waals surface area contributed by atoms with Gasteiger partial charge in [-0.3, -0.25) is 28.0 Å². The number of nitrogens with zero attached hydrogens (tertiary/aromatic N) is 18. The SMILES string of the molecule is C#C[C@]1(CO)O[C@@H](n2cnc3c(NCC4=C(C)OC(=C)O4)nc(F)nc32)C[C@@H]1O.C#C[C@]1(COC(=O)CCCN(C)C(=O)OCc2oc(=O)oc2C)O[C@@H](n2cnc3c(N)nc(C)nc32)C[C@@H]1O.C#C[C@]1(COC(=O)NCCN(C)Cc2oc(=O)oc2C)O[C@@H](n2cnc3c(N)nc(C)nc32)C[C@@H]1O.C#C[C@]1(COC(=O)OCc2oc(=O)oc2C)O[C@@H](n2cnc3c(N)nc(C)nc32)C[C@@H]1OC(=O)OCc1oc(=O)oc1C. The molecule has 0 spiro atoms. The molecule has 0 aliphatic carbocycles. The molecule has 4 saturated heterocycles. The Morgan fingerprint density at radius 1 is 0.510 bits per heavy atom. The van der Waals surface area contributed by atoms with Crippen LogP contribution in [0.2, 0.25) is 0 Å². The van der Waals surface area contributed by atoms with Gasteiger partial charge in [0.15, 0.2) is 140 Å². The second-order valence-corrected chi connectivity index (χ2v) is 33.3. The van der Waals surface area contributed by atoms with Gasteiger partial charge in [-0.1, -0.05) is 23.7 Å². The molecule has 4 fully saturated rings. The molecule has 12 atom stereocenters. The number of rotatable bonds is 30. The van der Waals surface area contributed by atoms with E-state index < -0.39 is 158 Å². The number of nitrogens with one attached hydrogen (secondary N) is 2. The number of terminal acetylenes is 4. The van der Waals surface area contributed by atoms with E-state index in [1.165, 1.54) is 67.2 Å². The molecule has 17 heterocycles. The number of anilines is 4. The Labute approximate surface area is 826 Å². The highest BCUT2D eigenvalue weighted by molar-refractivity contribution is 5.85. The molecule has 778 valence electrons. The fraction of sp³-hybridized carbons (Fsp3) is 0.449. The zero-order valence-electron chi connectivity index (χ0n) is 79.9. The summed E-state index contributed by atoms with van der Waals surface area (Å²) < 4.78 is 129. The van der Waals surface area contributed by atoms with Gasteiger partial charge in [-0.25, -0.2) is 88.2 Å². The van der Waals surface area contributed by atoms with Crippen LogP contribution in [0.5, 0.6) is 0 Å². The van der Waals surface area contributed by atoms with Crippen LogP contribution in [0.25, 0.3) is 44.7 Å². The number of halogens is 1. The Balaban J connectivity index is 0.000000156. The Morgan fingerprint density at radius 2 is 0.918 bits per heavy atom. The number of hydrogen-bond acceptors (Lipinski definition) is 51. The van der Waals surface area contributed by atoms with Crippen molar-refractivity contribution >= 4 is 98.4 Å². The number of ether oxygens (including phenoxy) is 13. The molecule has 0 aromatic carbocycles. The number of amides is 2. The van der Waals surface area contributed by atoms with Crippen molar-refractivity contribution in [3.8, 4) is 49.4 Å². The van der Waals surface area contributed by atoms with E-state index >= 15 is 0 Å². The molecule has 0 unspecified atom stereocenters. The molecule has 0 saturated carbocycles. The van der Waals surface area contributed by atoms with E-state index in [0.717, 1.165) is 0 Å². The van der Waals surface area contributed by atoms with Crippen molar-refractivity contribution in [1.29, 1.82) is 0 Å². The standard InChI is InChI=1S/C25H23N5O13.C24H28N6O9.C22H27N7O7.C18H18FN5O5/c1-5-25(9-37-21(31)35-7-14-11(2)38-23(33)40-14)16(42-22(32)36-8-15-12(3)39-24(34)41-15)6-17(43-25)30-10-27-18-19(26)28-13(4)29-20(18)30;1-5-24(16(31)9-17(39-24)30-12-26-19-20(25)27-14(3)28-21(19)30)11-36-18(32)7-6-8-29(4)22(33)35-10-15-13(2)37-23(34)38-15;1-5-22(10-33-20(31)24-6-7-28(4)9-14-12(2)34-21(32)35-14)15(30)8-16(36-22)29-11-25-17-18(23)26-13(3)27-19(17)29;1-4-18(7-25)12(26)5-13(29-18)24-8-21-14-15(22-17(19)23-16(14)24)20-6-11-9(2)27-10(3)28-11/h1,10,16-17H,6-9H2,2-4H3,(H2,26,28,29);1,12,16-17,31H,6-11H2,2-4H3,(H2,25,27,28);1,11,15-16,30H,6-10H2,2-4H3,(H,24,31)(H2,23,26,27);1,8,12-13,25-26H,3,5-7H2,2H3,(H,20,22,23)/t16-,17+,25+;16-,17+,24+;15-,16+,22+;12-,13+,18+/m0000/s1. The highest BCUT2D eigenvalue weighted by Gasteiger charge is 2.55. The molecule has 5 aliphatic rings. The Hall–Kier alpha value is -17.1. The molecule has 12 aromatic heterocycles. The van der Waals surface area contributed by atoms with E-state index in [1.54, 1.807) is 50.8 Å². The van der Waals surface area contributed by atoms with Crippen molar-refractivity contribution in [2.24, 2.45) is 0 Å². The number of aryl methyl sites for hydroxylation is 7. The Morgan fingerprint density at radius 3 is 1.35 bits per heavy atom. The number of aliphatic hydroxyl groups excluding tert-OH is 4. The monoisotopic (exact) mass is 2050 g/mol. The van der Waals surface area contributed by atoms with Gasteiger partial charge in [0.05, 0.1) is 45.0 Å². The lowest BCUT2D eigenvalue weighted by Gasteiger charge is -2.27. The number of alkyl carbamates (subject to hydrolysis) is 1. The Bertz CT molecular complexity index is 7440. The van der Waals surface area contributed by atoms with Crippen LogP contribution in [-0.2, 0) is 92.7 Å². The first-order valence-corrected chi connectivity index (χ1v) is 44.2. The number of nitrogen functional groups attached to an aromatic ring is 3. The zero-order chi connectivity index (χ0) is 106. The van der Waals surface area contributed by atoms with Crippen LogP contribution in [0.15, 0.2) is 104 Å². The highest BCUT2D eigenvalue weighted by Crippen LogP contribution is 2.44. The Kier molecular flexibility index (Phi) is 31.9. The lowest BCUT2D eigenvalue weighted by molar-refractivity contribution is -0.156. The number of esters is 1. The summed E-state index contributed by atoms with van der Waals surface area (Å²) in [6, 6.07) is 0. The van der Waals surface area contributed by atoms with Crippen LogP contribution in [0.1, 0.15) is 134 Å². The number of likely N-dealkylation sites (N-methyl/N-ethyl adjacent to an activating group) is 1. The number of nitrogens with two attached hydrogens (primary N) is 3. The predicted molar refractivity (Wildman–Crippen MR) is 489 cm³/mol. The average Bonchev–Trinajstić information content (AvgIpc) is 1.63. The highest BCUT2D eigenvalue weighted by atomic mass is 19.1. The third-order valence-corrected chi connectivity index (χ3v) is 23.2. The predicted octanol–water partition coefficient (Wildman–Crippen LogP) is 3.46. The van der Waals surface area contributed by atoms with Gasteiger partial charge in [0.2, 0.25) is 5.60 Å². The van der Waals surface area contributed by atoms with Gasteiger partial charge in [0.25, 0.3) is 5.95 Å². The summed E-state index contributed by atoms with van der Waals surface area (Å²) in [6.07, 6.45) is 16.2. The maximum absolute atomic E-state index is 14.1. The van der Waals surface area contributed by atoms with Gasteiger partial charge >= 0.3 is 59.8 Å². The van der Waals surface area contributed by atoms with Gasteiger partial charge in [-0.15, -0.1) is 25.7 Å². The summed E-state index contributed by atoms with van der Waals surface area (Å²) in [6.45, 7) is 14.5. The van der Waals surface area contributed by atoms with Crippen molar-refractivity contribution in [3.63, 3.8) is 0 Å². The summed E-state index contributed by atoms with van der Waals surface area (Å²) in [7, 11) is 3.28. The lowest BCUT2D eigenvalue weighted by Crippen LogP contribution is -2.45. The van der Waals surface area contributed by atoms with Gasteiger partial charge in [0.1, 0.15) is 109 Å². The molecule has 57 nitrogen and oxygen atoms in total. The summed E-state index contributed by atoms with van der Waals surface area (Å²) in [5, 5.41) is 46.7. The summed E-state index contributed by atoms with van der Waals surface area (Å²) in [5.41, 5.74) is 14.0. The average molecular weight is 2050 g/mol. The minimum atomic E-state index is -1.86. The first kappa shape index (κ1) is 106. The topological polar surface area (TPSA) is 743 Å². The molecule has 147 heavy (non-hydrogen) atoms. The molecular formula is C89H96FN23O34. The second-order valence-electron chi connectivity index (χ2n) is 33.3. The molecule has 58 heteroatoms. The summed E-state index contributed by atoms with van der Waals surface area (Å²) in [4.78, 5) is 159. The van der Waals surface area contributed by atoms with Crippen LogP contribution < -0.4 is 51.1 Å².